The van der Waals surface area contributed by atoms with Crippen molar-refractivity contribution < 1.29 is 4.79 Å². The lowest BCUT2D eigenvalue weighted by atomic mass is 9.83. The van der Waals surface area contributed by atoms with Gasteiger partial charge in [-0.3, -0.25) is 4.79 Å². The lowest BCUT2D eigenvalue weighted by Gasteiger charge is -2.18. The molecule has 0 aromatic heterocycles. The standard InChI is InChI=1S/C11H17BNOS.2C2H6/c1-10(11(2,7-15)12-10)5-8-4-9(14)13(3)6-8;2*1-2/h6,15H,4-5,7H2,1-3H3;2*1-2H3. The molecule has 19 heavy (non-hydrogen) atoms. The highest BCUT2D eigenvalue weighted by Gasteiger charge is 2.60. The molecule has 2 aliphatic heterocycles. The van der Waals surface area contributed by atoms with E-state index < -0.39 is 0 Å². The van der Waals surface area contributed by atoms with Gasteiger partial charge in [0.1, 0.15) is 7.28 Å². The van der Waals surface area contributed by atoms with E-state index in [2.05, 4.69) is 33.8 Å². The fraction of sp³-hybridized carbons (Fsp3) is 0.800. The van der Waals surface area contributed by atoms with E-state index in [-0.39, 0.29) is 16.5 Å². The molecule has 2 atom stereocenters. The molecule has 0 aromatic rings. The van der Waals surface area contributed by atoms with Crippen LogP contribution in [0.15, 0.2) is 11.8 Å². The van der Waals surface area contributed by atoms with Gasteiger partial charge in [-0.2, -0.15) is 12.6 Å². The molecule has 2 heterocycles. The van der Waals surface area contributed by atoms with Crippen molar-refractivity contribution in [3.63, 3.8) is 0 Å². The number of carbonyl (C=O) groups excluding carboxylic acids is 1. The van der Waals surface area contributed by atoms with E-state index in [0.29, 0.717) is 6.42 Å². The Balaban J connectivity index is 0.000000741. The number of hydrogen-bond acceptors (Lipinski definition) is 2. The SMILES string of the molecule is CC.CC.CN1C=C(CC2(C)[B]C2(C)CS)CC1=O. The maximum Gasteiger partial charge on any atom is 0.230 e. The van der Waals surface area contributed by atoms with Gasteiger partial charge in [-0.1, -0.05) is 52.2 Å². The molecule has 2 rings (SSSR count). The van der Waals surface area contributed by atoms with Gasteiger partial charge in [0, 0.05) is 19.7 Å². The third kappa shape index (κ3) is 4.04. The van der Waals surface area contributed by atoms with E-state index >= 15 is 0 Å². The molecule has 2 unspecified atom stereocenters. The molecule has 109 valence electrons. The van der Waals surface area contributed by atoms with Crippen molar-refractivity contribution in [1.82, 2.24) is 4.90 Å². The predicted molar refractivity (Wildman–Crippen MR) is 89.1 cm³/mol. The van der Waals surface area contributed by atoms with Gasteiger partial charge in [0.2, 0.25) is 5.91 Å². The van der Waals surface area contributed by atoms with Crippen molar-refractivity contribution in [2.24, 2.45) is 0 Å². The van der Waals surface area contributed by atoms with Crippen LogP contribution in [0, 0.1) is 0 Å². The first-order valence-corrected chi connectivity index (χ1v) is 7.97. The predicted octanol–water partition coefficient (Wildman–Crippen LogP) is 4.18. The number of amides is 1. The molecule has 1 amide bonds. The molecule has 0 N–H and O–H groups in total. The van der Waals surface area contributed by atoms with Crippen LogP contribution >= 0.6 is 12.6 Å². The average molecular weight is 282 g/mol. The van der Waals surface area contributed by atoms with Crippen LogP contribution in [0.5, 0.6) is 0 Å². The van der Waals surface area contributed by atoms with Crippen LogP contribution in [0.4, 0.5) is 0 Å². The summed E-state index contributed by atoms with van der Waals surface area (Å²) in [5, 5.41) is 0.493. The Morgan fingerprint density at radius 2 is 1.79 bits per heavy atom. The molecular weight excluding hydrogens is 253 g/mol. The molecule has 2 nitrogen and oxygen atoms in total. The summed E-state index contributed by atoms with van der Waals surface area (Å²) < 4.78 is 0. The Kier molecular flexibility index (Phi) is 7.27. The van der Waals surface area contributed by atoms with E-state index in [1.165, 1.54) is 5.57 Å². The highest BCUT2D eigenvalue weighted by molar-refractivity contribution is 7.80. The maximum atomic E-state index is 11.4. The molecule has 4 heteroatoms. The fourth-order valence-corrected chi connectivity index (χ4v) is 2.89. The van der Waals surface area contributed by atoms with Crippen LogP contribution in [-0.4, -0.2) is 30.9 Å². The van der Waals surface area contributed by atoms with Gasteiger partial charge in [-0.05, 0) is 17.7 Å². The van der Waals surface area contributed by atoms with E-state index in [9.17, 15) is 4.79 Å². The van der Waals surface area contributed by atoms with Gasteiger partial charge in [-0.15, -0.1) is 0 Å². The monoisotopic (exact) mass is 282 g/mol. The van der Waals surface area contributed by atoms with Crippen molar-refractivity contribution >= 4 is 25.8 Å². The van der Waals surface area contributed by atoms with Crippen LogP contribution in [0.2, 0.25) is 10.6 Å². The number of carbonyl (C=O) groups is 1. The topological polar surface area (TPSA) is 20.3 Å². The molecule has 0 saturated carbocycles. The Bertz CT molecular complexity index is 345. The third-order valence-corrected chi connectivity index (χ3v) is 4.59. The summed E-state index contributed by atoms with van der Waals surface area (Å²) in [6.07, 6.45) is 3.58. The summed E-state index contributed by atoms with van der Waals surface area (Å²) >= 11 is 4.38. The van der Waals surface area contributed by atoms with E-state index in [4.69, 9.17) is 0 Å². The average Bonchev–Trinajstić information content (AvgIpc) is 2.80. The minimum atomic E-state index is 0.210. The minimum Gasteiger partial charge on any atom is -0.322 e. The molecule has 0 bridgehead atoms. The number of nitrogens with zero attached hydrogens (tertiary/aromatic N) is 1. The summed E-state index contributed by atoms with van der Waals surface area (Å²) in [5.41, 5.74) is 1.26. The second-order valence-electron chi connectivity index (χ2n) is 5.28. The smallest absolute Gasteiger partial charge is 0.230 e. The van der Waals surface area contributed by atoms with Gasteiger partial charge in [0.25, 0.3) is 0 Å². The van der Waals surface area contributed by atoms with Gasteiger partial charge in [0.15, 0.2) is 0 Å². The molecular formula is C15H29BNOS. The normalized spacial score (nSPS) is 31.5. The number of rotatable bonds is 3. The number of hydrogen-bond donors (Lipinski definition) is 1. The molecule has 0 aromatic carbocycles. The second-order valence-corrected chi connectivity index (χ2v) is 5.60. The first kappa shape index (κ1) is 18.6. The maximum absolute atomic E-state index is 11.4. The zero-order valence-electron chi connectivity index (χ0n) is 13.6. The van der Waals surface area contributed by atoms with Crippen LogP contribution in [0.1, 0.15) is 54.4 Å². The molecule has 2 aliphatic rings. The Hall–Kier alpha value is -0.375. The van der Waals surface area contributed by atoms with E-state index in [0.717, 1.165) is 12.2 Å². The second kappa shape index (κ2) is 7.42. The van der Waals surface area contributed by atoms with Gasteiger partial charge < -0.3 is 4.90 Å². The minimum absolute atomic E-state index is 0.210. The van der Waals surface area contributed by atoms with Crippen LogP contribution in [0.3, 0.4) is 0 Å². The summed E-state index contributed by atoms with van der Waals surface area (Å²) in [6, 6.07) is 0. The van der Waals surface area contributed by atoms with Crippen LogP contribution in [-0.2, 0) is 4.79 Å². The highest BCUT2D eigenvalue weighted by Crippen LogP contribution is 2.71. The molecule has 1 radical (unpaired) electrons. The van der Waals surface area contributed by atoms with Crippen molar-refractivity contribution in [3.05, 3.63) is 11.8 Å². The fourth-order valence-electron chi connectivity index (χ4n) is 2.44. The zero-order chi connectivity index (χ0) is 15.3. The van der Waals surface area contributed by atoms with Gasteiger partial charge in [-0.25, -0.2) is 0 Å². The van der Waals surface area contributed by atoms with Crippen molar-refractivity contribution in [1.29, 1.82) is 0 Å². The highest BCUT2D eigenvalue weighted by atomic mass is 32.1. The summed E-state index contributed by atoms with van der Waals surface area (Å²) in [4.78, 5) is 13.1. The lowest BCUT2D eigenvalue weighted by Crippen LogP contribution is -2.13. The van der Waals surface area contributed by atoms with E-state index in [1.54, 1.807) is 4.90 Å². The van der Waals surface area contributed by atoms with Crippen molar-refractivity contribution in [2.75, 3.05) is 12.8 Å². The Labute approximate surface area is 125 Å². The Morgan fingerprint density at radius 3 is 2.11 bits per heavy atom. The summed E-state index contributed by atoms with van der Waals surface area (Å²) in [6.45, 7) is 12.5. The lowest BCUT2D eigenvalue weighted by molar-refractivity contribution is -0.125. The van der Waals surface area contributed by atoms with Crippen LogP contribution < -0.4 is 0 Å². The first-order valence-electron chi connectivity index (χ1n) is 7.33. The van der Waals surface area contributed by atoms with Gasteiger partial charge >= 0.3 is 0 Å². The molecule has 1 saturated heterocycles. The third-order valence-electron chi connectivity index (χ3n) is 3.93. The summed E-state index contributed by atoms with van der Waals surface area (Å²) in [5.74, 6) is 1.10. The first-order chi connectivity index (χ1) is 8.90. The number of thiol groups is 1. The van der Waals surface area contributed by atoms with Crippen LogP contribution in [0.25, 0.3) is 0 Å². The summed E-state index contributed by atoms with van der Waals surface area (Å²) in [7, 11) is 4.18. The largest absolute Gasteiger partial charge is 0.322 e. The van der Waals surface area contributed by atoms with E-state index in [1.807, 2.05) is 40.9 Å². The molecule has 0 spiro atoms. The molecule has 0 aliphatic carbocycles. The van der Waals surface area contributed by atoms with Gasteiger partial charge in [0.05, 0.1) is 0 Å². The quantitative estimate of drug-likeness (QED) is 0.608. The van der Waals surface area contributed by atoms with Crippen molar-refractivity contribution in [2.45, 2.75) is 65.0 Å². The molecule has 1 fully saturated rings. The zero-order valence-corrected chi connectivity index (χ0v) is 14.5. The Morgan fingerprint density at radius 1 is 1.26 bits per heavy atom. The van der Waals surface area contributed by atoms with Crippen molar-refractivity contribution in [3.8, 4) is 0 Å².